The Hall–Kier alpha value is -1.42. The van der Waals surface area contributed by atoms with Gasteiger partial charge in [-0.15, -0.1) is 6.58 Å². The standard InChI is InChI=1S/C9H10F2N2/c1-2-8(12)5-3-6(10)9(13)7(11)4-5/h2-4,8H,1,12-13H2. The monoisotopic (exact) mass is 184 g/mol. The number of hydrogen-bond donors (Lipinski definition) is 2. The molecule has 1 rings (SSSR count). The Morgan fingerprint density at radius 1 is 1.31 bits per heavy atom. The van der Waals surface area contributed by atoms with E-state index in [9.17, 15) is 8.78 Å². The molecule has 1 aromatic carbocycles. The summed E-state index contributed by atoms with van der Waals surface area (Å²) in [7, 11) is 0. The van der Waals surface area contributed by atoms with E-state index in [1.54, 1.807) is 0 Å². The topological polar surface area (TPSA) is 52.0 Å². The number of hydrogen-bond acceptors (Lipinski definition) is 2. The van der Waals surface area contributed by atoms with Gasteiger partial charge in [-0.2, -0.15) is 0 Å². The molecule has 1 unspecified atom stereocenters. The summed E-state index contributed by atoms with van der Waals surface area (Å²) >= 11 is 0. The van der Waals surface area contributed by atoms with Crippen molar-refractivity contribution in [2.24, 2.45) is 5.73 Å². The van der Waals surface area contributed by atoms with Crippen LogP contribution in [0.25, 0.3) is 0 Å². The summed E-state index contributed by atoms with van der Waals surface area (Å²) in [5, 5.41) is 0. The molecule has 0 heterocycles. The van der Waals surface area contributed by atoms with Crippen LogP contribution in [0.2, 0.25) is 0 Å². The van der Waals surface area contributed by atoms with Gasteiger partial charge in [0.05, 0.1) is 0 Å². The Labute approximate surface area is 74.8 Å². The summed E-state index contributed by atoms with van der Waals surface area (Å²) in [6.45, 7) is 3.42. The van der Waals surface area contributed by atoms with Crippen molar-refractivity contribution in [2.45, 2.75) is 6.04 Å². The molecule has 0 bridgehead atoms. The maximum absolute atomic E-state index is 12.9. The fourth-order valence-corrected chi connectivity index (χ4v) is 0.932. The Kier molecular flexibility index (Phi) is 2.63. The van der Waals surface area contributed by atoms with E-state index in [1.807, 2.05) is 0 Å². The van der Waals surface area contributed by atoms with Gasteiger partial charge in [-0.05, 0) is 17.7 Å². The van der Waals surface area contributed by atoms with Gasteiger partial charge in [-0.3, -0.25) is 0 Å². The van der Waals surface area contributed by atoms with Gasteiger partial charge in [0.25, 0.3) is 0 Å². The molecular weight excluding hydrogens is 174 g/mol. The van der Waals surface area contributed by atoms with E-state index in [4.69, 9.17) is 11.5 Å². The van der Waals surface area contributed by atoms with E-state index in [-0.39, 0.29) is 0 Å². The molecule has 0 aliphatic carbocycles. The smallest absolute Gasteiger partial charge is 0.149 e. The molecule has 0 spiro atoms. The molecule has 0 saturated heterocycles. The molecule has 1 atom stereocenters. The van der Waals surface area contributed by atoms with Gasteiger partial charge in [0.2, 0.25) is 0 Å². The molecule has 13 heavy (non-hydrogen) atoms. The largest absolute Gasteiger partial charge is 0.394 e. The highest BCUT2D eigenvalue weighted by atomic mass is 19.1. The lowest BCUT2D eigenvalue weighted by Crippen LogP contribution is -2.08. The SMILES string of the molecule is C=CC(N)c1cc(F)c(N)c(F)c1. The van der Waals surface area contributed by atoms with E-state index < -0.39 is 23.4 Å². The van der Waals surface area contributed by atoms with E-state index in [2.05, 4.69) is 6.58 Å². The van der Waals surface area contributed by atoms with Crippen LogP contribution in [0.3, 0.4) is 0 Å². The third-order valence-corrected chi connectivity index (χ3v) is 1.74. The van der Waals surface area contributed by atoms with Crippen molar-refractivity contribution in [3.63, 3.8) is 0 Å². The summed E-state index contributed by atoms with van der Waals surface area (Å²) in [4.78, 5) is 0. The normalized spacial score (nSPS) is 12.5. The first-order valence-electron chi connectivity index (χ1n) is 3.68. The van der Waals surface area contributed by atoms with Crippen LogP contribution >= 0.6 is 0 Å². The summed E-state index contributed by atoms with van der Waals surface area (Å²) < 4.78 is 25.8. The summed E-state index contributed by atoms with van der Waals surface area (Å²) in [6.07, 6.45) is 1.39. The maximum atomic E-state index is 12.9. The average molecular weight is 184 g/mol. The number of anilines is 1. The highest BCUT2D eigenvalue weighted by Gasteiger charge is 2.10. The lowest BCUT2D eigenvalue weighted by atomic mass is 10.1. The highest BCUT2D eigenvalue weighted by molar-refractivity contribution is 5.44. The van der Waals surface area contributed by atoms with Crippen LogP contribution in [0.5, 0.6) is 0 Å². The first kappa shape index (κ1) is 9.67. The molecule has 1 aromatic rings. The number of nitrogens with two attached hydrogens (primary N) is 2. The second-order valence-electron chi connectivity index (χ2n) is 2.66. The van der Waals surface area contributed by atoms with Crippen LogP contribution < -0.4 is 11.5 Å². The molecule has 0 radical (unpaired) electrons. The molecule has 0 aliphatic heterocycles. The van der Waals surface area contributed by atoms with Crippen LogP contribution in [0.4, 0.5) is 14.5 Å². The molecule has 4 heteroatoms. The lowest BCUT2D eigenvalue weighted by Gasteiger charge is -2.08. The lowest BCUT2D eigenvalue weighted by molar-refractivity contribution is 0.586. The van der Waals surface area contributed by atoms with Crippen LogP contribution in [0.1, 0.15) is 11.6 Å². The molecule has 70 valence electrons. The van der Waals surface area contributed by atoms with Crippen LogP contribution in [0.15, 0.2) is 24.8 Å². The quantitative estimate of drug-likeness (QED) is 0.543. The summed E-state index contributed by atoms with van der Waals surface area (Å²) in [5.41, 5.74) is 10.4. The second kappa shape index (κ2) is 3.53. The Morgan fingerprint density at radius 2 is 1.77 bits per heavy atom. The summed E-state index contributed by atoms with van der Waals surface area (Å²) in [6, 6.07) is 1.62. The Bertz CT molecular complexity index is 313. The van der Waals surface area contributed by atoms with Gasteiger partial charge < -0.3 is 11.5 Å². The zero-order chi connectivity index (χ0) is 10.0. The maximum Gasteiger partial charge on any atom is 0.149 e. The van der Waals surface area contributed by atoms with Crippen molar-refractivity contribution < 1.29 is 8.78 Å². The Balaban J connectivity index is 3.20. The van der Waals surface area contributed by atoms with Gasteiger partial charge in [0, 0.05) is 6.04 Å². The molecular formula is C9H10F2N2. The van der Waals surface area contributed by atoms with Crippen molar-refractivity contribution in [2.75, 3.05) is 5.73 Å². The number of nitrogen functional groups attached to an aromatic ring is 1. The van der Waals surface area contributed by atoms with Crippen molar-refractivity contribution >= 4 is 5.69 Å². The first-order chi connectivity index (χ1) is 6.06. The highest BCUT2D eigenvalue weighted by Crippen LogP contribution is 2.20. The van der Waals surface area contributed by atoms with Gasteiger partial charge in [0.15, 0.2) is 0 Å². The van der Waals surface area contributed by atoms with Crippen molar-refractivity contribution in [3.8, 4) is 0 Å². The van der Waals surface area contributed by atoms with Crippen LogP contribution in [-0.4, -0.2) is 0 Å². The zero-order valence-corrected chi connectivity index (χ0v) is 6.93. The third-order valence-electron chi connectivity index (χ3n) is 1.74. The second-order valence-corrected chi connectivity index (χ2v) is 2.66. The number of benzene rings is 1. The van der Waals surface area contributed by atoms with E-state index in [0.29, 0.717) is 5.56 Å². The van der Waals surface area contributed by atoms with Gasteiger partial charge in [0.1, 0.15) is 17.3 Å². The molecule has 4 N–H and O–H groups in total. The van der Waals surface area contributed by atoms with E-state index in [1.165, 1.54) is 6.08 Å². The van der Waals surface area contributed by atoms with Crippen molar-refractivity contribution in [3.05, 3.63) is 42.0 Å². The predicted molar refractivity (Wildman–Crippen MR) is 47.9 cm³/mol. The minimum Gasteiger partial charge on any atom is -0.394 e. The van der Waals surface area contributed by atoms with Gasteiger partial charge >= 0.3 is 0 Å². The number of halogens is 2. The third kappa shape index (κ3) is 1.84. The fraction of sp³-hybridized carbons (Fsp3) is 0.111. The minimum absolute atomic E-state index is 0.319. The molecule has 0 amide bonds. The summed E-state index contributed by atoms with van der Waals surface area (Å²) in [5.74, 6) is -1.60. The molecule has 0 saturated carbocycles. The zero-order valence-electron chi connectivity index (χ0n) is 6.93. The molecule has 2 nitrogen and oxygen atoms in total. The minimum atomic E-state index is -0.799. The molecule has 0 fully saturated rings. The van der Waals surface area contributed by atoms with Gasteiger partial charge in [-0.25, -0.2) is 8.78 Å². The molecule has 0 aliphatic rings. The average Bonchev–Trinajstić information content (AvgIpc) is 2.12. The van der Waals surface area contributed by atoms with E-state index in [0.717, 1.165) is 12.1 Å². The van der Waals surface area contributed by atoms with Gasteiger partial charge in [-0.1, -0.05) is 6.08 Å². The van der Waals surface area contributed by atoms with Crippen LogP contribution in [-0.2, 0) is 0 Å². The first-order valence-corrected chi connectivity index (χ1v) is 3.68. The molecule has 0 aromatic heterocycles. The predicted octanol–water partition coefficient (Wildman–Crippen LogP) is 1.73. The fourth-order valence-electron chi connectivity index (χ4n) is 0.932. The Morgan fingerprint density at radius 3 is 2.15 bits per heavy atom. The van der Waals surface area contributed by atoms with Crippen LogP contribution in [0, 0.1) is 11.6 Å². The van der Waals surface area contributed by atoms with Crippen molar-refractivity contribution in [1.29, 1.82) is 0 Å². The van der Waals surface area contributed by atoms with Crippen molar-refractivity contribution in [1.82, 2.24) is 0 Å². The number of rotatable bonds is 2. The van der Waals surface area contributed by atoms with E-state index >= 15 is 0 Å².